The van der Waals surface area contributed by atoms with Crippen LogP contribution in [0, 0.1) is 12.4 Å². The van der Waals surface area contributed by atoms with Crippen molar-refractivity contribution in [2.45, 2.75) is 6.54 Å². The highest BCUT2D eigenvalue weighted by Gasteiger charge is 1.99. The molecule has 0 fully saturated rings. The Labute approximate surface area is 69.2 Å². The molecule has 0 amide bonds. The van der Waals surface area contributed by atoms with E-state index >= 15 is 0 Å². The Bertz CT molecular complexity index is 283. The molecule has 0 aliphatic carbocycles. The van der Waals surface area contributed by atoms with Crippen LogP contribution in [-0.4, -0.2) is 0 Å². The van der Waals surface area contributed by atoms with Crippen LogP contribution in [0.5, 0.6) is 0 Å². The van der Waals surface area contributed by atoms with Crippen molar-refractivity contribution in [3.8, 4) is 0 Å². The first kappa shape index (κ1) is 8.03. The molecule has 1 aromatic rings. The maximum Gasteiger partial charge on any atom is 0.239 e. The SMILES string of the molecule is [C-]#[N+]Cc1cc(F)cc(Cl)c1. The predicted molar refractivity (Wildman–Crippen MR) is 41.7 cm³/mol. The lowest BCUT2D eigenvalue weighted by atomic mass is 10.2. The molecule has 0 heterocycles. The van der Waals surface area contributed by atoms with Crippen molar-refractivity contribution in [3.05, 3.63) is 46.0 Å². The van der Waals surface area contributed by atoms with Gasteiger partial charge >= 0.3 is 0 Å². The fourth-order valence-corrected chi connectivity index (χ4v) is 1.04. The Kier molecular flexibility index (Phi) is 2.45. The Morgan fingerprint density at radius 1 is 1.45 bits per heavy atom. The molecule has 0 aromatic heterocycles. The maximum atomic E-state index is 12.6. The zero-order chi connectivity index (χ0) is 8.27. The average molecular weight is 170 g/mol. The Hall–Kier alpha value is -1.07. The number of benzene rings is 1. The van der Waals surface area contributed by atoms with E-state index in [2.05, 4.69) is 4.85 Å². The van der Waals surface area contributed by atoms with Gasteiger partial charge < -0.3 is 4.85 Å². The van der Waals surface area contributed by atoms with Crippen LogP contribution in [0.1, 0.15) is 5.56 Å². The lowest BCUT2D eigenvalue weighted by Gasteiger charge is -1.93. The first-order chi connectivity index (χ1) is 5.22. The first-order valence-corrected chi connectivity index (χ1v) is 3.38. The summed E-state index contributed by atoms with van der Waals surface area (Å²) in [6.45, 7) is 6.72. The highest BCUT2D eigenvalue weighted by Crippen LogP contribution is 2.14. The standard InChI is InChI=1S/C8H5ClFN/c1-11-5-6-2-7(9)4-8(10)3-6/h2-4H,5H2. The minimum Gasteiger partial charge on any atom is -0.312 e. The van der Waals surface area contributed by atoms with Gasteiger partial charge in [0.15, 0.2) is 0 Å². The van der Waals surface area contributed by atoms with Gasteiger partial charge in [0.2, 0.25) is 6.54 Å². The first-order valence-electron chi connectivity index (χ1n) is 3.00. The van der Waals surface area contributed by atoms with Crippen molar-refractivity contribution >= 4 is 11.6 Å². The lowest BCUT2D eigenvalue weighted by Crippen LogP contribution is -1.81. The summed E-state index contributed by atoms with van der Waals surface area (Å²) in [6, 6.07) is 4.11. The van der Waals surface area contributed by atoms with Gasteiger partial charge in [-0.15, -0.1) is 0 Å². The van der Waals surface area contributed by atoms with Crippen LogP contribution in [0.4, 0.5) is 4.39 Å². The van der Waals surface area contributed by atoms with E-state index in [9.17, 15) is 4.39 Å². The van der Waals surface area contributed by atoms with Crippen LogP contribution in [0.3, 0.4) is 0 Å². The molecule has 0 radical (unpaired) electrons. The second-order valence-corrected chi connectivity index (χ2v) is 2.53. The summed E-state index contributed by atoms with van der Waals surface area (Å²) in [5.41, 5.74) is 0.616. The summed E-state index contributed by atoms with van der Waals surface area (Å²) in [7, 11) is 0. The fourth-order valence-electron chi connectivity index (χ4n) is 0.794. The van der Waals surface area contributed by atoms with E-state index in [0.29, 0.717) is 10.6 Å². The van der Waals surface area contributed by atoms with E-state index in [1.165, 1.54) is 12.1 Å². The summed E-state index contributed by atoms with van der Waals surface area (Å²) < 4.78 is 12.6. The molecular weight excluding hydrogens is 165 g/mol. The van der Waals surface area contributed by atoms with Gasteiger partial charge in [0.05, 0.1) is 0 Å². The van der Waals surface area contributed by atoms with Crippen LogP contribution < -0.4 is 0 Å². The Balaban J connectivity index is 3.01. The van der Waals surface area contributed by atoms with Crippen molar-refractivity contribution in [1.82, 2.24) is 0 Å². The van der Waals surface area contributed by atoms with E-state index in [4.69, 9.17) is 18.2 Å². The number of halogens is 2. The van der Waals surface area contributed by atoms with Crippen LogP contribution in [0.2, 0.25) is 5.02 Å². The van der Waals surface area contributed by atoms with Gasteiger partial charge in [0.25, 0.3) is 0 Å². The highest BCUT2D eigenvalue weighted by atomic mass is 35.5. The second-order valence-electron chi connectivity index (χ2n) is 2.09. The minimum absolute atomic E-state index is 0.178. The molecule has 0 spiro atoms. The molecule has 0 unspecified atom stereocenters. The van der Waals surface area contributed by atoms with E-state index in [-0.39, 0.29) is 6.54 Å². The van der Waals surface area contributed by atoms with Crippen molar-refractivity contribution in [2.75, 3.05) is 0 Å². The Morgan fingerprint density at radius 2 is 2.18 bits per heavy atom. The Morgan fingerprint density at radius 3 is 2.73 bits per heavy atom. The average Bonchev–Trinajstić information content (AvgIpc) is 1.85. The quantitative estimate of drug-likeness (QED) is 0.570. The summed E-state index contributed by atoms with van der Waals surface area (Å²) in [5, 5.41) is 0.337. The molecule has 1 rings (SSSR count). The maximum absolute atomic E-state index is 12.6. The van der Waals surface area contributed by atoms with Crippen LogP contribution >= 0.6 is 11.6 Å². The number of nitrogens with zero attached hydrogens (tertiary/aromatic N) is 1. The molecule has 11 heavy (non-hydrogen) atoms. The molecule has 0 aliphatic rings. The van der Waals surface area contributed by atoms with Crippen molar-refractivity contribution < 1.29 is 4.39 Å². The highest BCUT2D eigenvalue weighted by molar-refractivity contribution is 6.30. The van der Waals surface area contributed by atoms with Gasteiger partial charge in [-0.1, -0.05) is 11.6 Å². The summed E-state index contributed by atoms with van der Waals surface area (Å²) in [5.74, 6) is -0.392. The van der Waals surface area contributed by atoms with Crippen LogP contribution in [0.15, 0.2) is 18.2 Å². The largest absolute Gasteiger partial charge is 0.312 e. The van der Waals surface area contributed by atoms with Gasteiger partial charge in [-0.05, 0) is 18.2 Å². The van der Waals surface area contributed by atoms with E-state index < -0.39 is 5.82 Å². The molecule has 0 saturated heterocycles. The van der Waals surface area contributed by atoms with E-state index in [0.717, 1.165) is 0 Å². The topological polar surface area (TPSA) is 4.36 Å². The van der Waals surface area contributed by atoms with E-state index in [1.54, 1.807) is 6.07 Å². The number of hydrogen-bond donors (Lipinski definition) is 0. The third-order valence-corrected chi connectivity index (χ3v) is 1.40. The molecule has 1 aromatic carbocycles. The minimum atomic E-state index is -0.392. The van der Waals surface area contributed by atoms with Crippen LogP contribution in [0.25, 0.3) is 4.85 Å². The molecule has 0 atom stereocenters. The zero-order valence-corrected chi connectivity index (χ0v) is 6.40. The van der Waals surface area contributed by atoms with Gasteiger partial charge in [-0.25, -0.2) is 11.0 Å². The normalized spacial score (nSPS) is 9.18. The number of hydrogen-bond acceptors (Lipinski definition) is 0. The third kappa shape index (κ3) is 2.21. The van der Waals surface area contributed by atoms with Crippen molar-refractivity contribution in [3.63, 3.8) is 0 Å². The molecule has 56 valence electrons. The lowest BCUT2D eigenvalue weighted by molar-refractivity contribution is 0.626. The van der Waals surface area contributed by atoms with Crippen LogP contribution in [-0.2, 0) is 6.54 Å². The van der Waals surface area contributed by atoms with Crippen molar-refractivity contribution in [1.29, 1.82) is 0 Å². The third-order valence-electron chi connectivity index (χ3n) is 1.18. The second kappa shape index (κ2) is 3.36. The molecule has 0 N–H and O–H groups in total. The molecule has 0 aliphatic heterocycles. The number of rotatable bonds is 1. The van der Waals surface area contributed by atoms with Gasteiger partial charge in [-0.3, -0.25) is 0 Å². The van der Waals surface area contributed by atoms with Gasteiger partial charge in [0, 0.05) is 10.6 Å². The summed E-state index contributed by atoms with van der Waals surface area (Å²) in [6.07, 6.45) is 0. The fraction of sp³-hybridized carbons (Fsp3) is 0.125. The molecular formula is C8H5ClFN. The molecule has 0 bridgehead atoms. The zero-order valence-electron chi connectivity index (χ0n) is 5.64. The van der Waals surface area contributed by atoms with E-state index in [1.807, 2.05) is 0 Å². The molecule has 1 nitrogen and oxygen atoms in total. The van der Waals surface area contributed by atoms with Gasteiger partial charge in [0.1, 0.15) is 5.82 Å². The monoisotopic (exact) mass is 169 g/mol. The van der Waals surface area contributed by atoms with Gasteiger partial charge in [-0.2, -0.15) is 0 Å². The molecule has 3 heteroatoms. The summed E-state index contributed by atoms with van der Waals surface area (Å²) in [4.78, 5) is 3.11. The predicted octanol–water partition coefficient (Wildman–Crippen LogP) is 2.90. The summed E-state index contributed by atoms with van der Waals surface area (Å²) >= 11 is 5.54. The smallest absolute Gasteiger partial charge is 0.239 e. The molecule has 0 saturated carbocycles. The van der Waals surface area contributed by atoms with Crippen molar-refractivity contribution in [2.24, 2.45) is 0 Å².